The van der Waals surface area contributed by atoms with E-state index in [0.29, 0.717) is 29.8 Å². The molecule has 154 valence electrons. The summed E-state index contributed by atoms with van der Waals surface area (Å²) in [5, 5.41) is 6.54. The number of benzene rings is 1. The summed E-state index contributed by atoms with van der Waals surface area (Å²) in [6.45, 7) is 5.50. The van der Waals surface area contributed by atoms with Crippen molar-refractivity contribution in [2.24, 2.45) is 4.99 Å². The summed E-state index contributed by atoms with van der Waals surface area (Å²) in [6.07, 6.45) is 4.53. The van der Waals surface area contributed by atoms with Crippen LogP contribution in [0.25, 0.3) is 0 Å². The van der Waals surface area contributed by atoms with Crippen molar-refractivity contribution in [2.45, 2.75) is 20.3 Å². The van der Waals surface area contributed by atoms with E-state index in [4.69, 9.17) is 14.2 Å². The third-order valence-corrected chi connectivity index (χ3v) is 4.06. The monoisotopic (exact) mass is 500 g/mol. The number of hydrogen-bond donors (Lipinski definition) is 2. The molecule has 1 aromatic heterocycles. The van der Waals surface area contributed by atoms with Gasteiger partial charge >= 0.3 is 0 Å². The lowest BCUT2D eigenvalue weighted by atomic mass is 10.1. The quantitative estimate of drug-likeness (QED) is 0.328. The molecule has 0 amide bonds. The molecule has 0 unspecified atom stereocenters. The van der Waals surface area contributed by atoms with E-state index in [9.17, 15) is 0 Å². The van der Waals surface area contributed by atoms with Gasteiger partial charge < -0.3 is 24.8 Å². The highest BCUT2D eigenvalue weighted by Gasteiger charge is 2.14. The van der Waals surface area contributed by atoms with Gasteiger partial charge in [0, 0.05) is 43.3 Å². The predicted molar refractivity (Wildman–Crippen MR) is 124 cm³/mol. The number of ether oxygens (including phenoxy) is 3. The zero-order chi connectivity index (χ0) is 19.6. The highest BCUT2D eigenvalue weighted by atomic mass is 127. The number of hydrogen-bond acceptors (Lipinski definition) is 5. The Labute approximate surface area is 183 Å². The Morgan fingerprint density at radius 2 is 1.79 bits per heavy atom. The molecule has 8 heteroatoms. The van der Waals surface area contributed by atoms with Crippen LogP contribution >= 0.6 is 24.0 Å². The molecule has 7 nitrogen and oxygen atoms in total. The van der Waals surface area contributed by atoms with Gasteiger partial charge in [0.25, 0.3) is 0 Å². The van der Waals surface area contributed by atoms with Crippen molar-refractivity contribution in [3.8, 4) is 17.2 Å². The Bertz CT molecular complexity index is 759. The number of aromatic nitrogens is 1. The molecule has 0 fully saturated rings. The van der Waals surface area contributed by atoms with Crippen LogP contribution in [-0.2, 0) is 6.42 Å². The maximum Gasteiger partial charge on any atom is 0.203 e. The van der Waals surface area contributed by atoms with E-state index in [-0.39, 0.29) is 24.0 Å². The fourth-order valence-electron chi connectivity index (χ4n) is 2.67. The summed E-state index contributed by atoms with van der Waals surface area (Å²) >= 11 is 0. The first-order chi connectivity index (χ1) is 13.1. The standard InChI is InChI=1S/C20H28N4O3.HI/c1-6-22-20(23-10-8-15-7-9-21-13-14(15)2)24-16-11-17(25-3)19(27-5)18(12-16)26-4;/h7,9,11-13H,6,8,10H2,1-5H3,(H2,22,23,24);1H. The zero-order valence-corrected chi connectivity index (χ0v) is 19.4. The van der Waals surface area contributed by atoms with Gasteiger partial charge in [0.15, 0.2) is 17.5 Å². The second-order valence-electron chi connectivity index (χ2n) is 5.85. The molecule has 1 heterocycles. The van der Waals surface area contributed by atoms with E-state index in [0.717, 1.165) is 18.7 Å². The molecule has 0 spiro atoms. The van der Waals surface area contributed by atoms with Crippen LogP contribution in [0.2, 0.25) is 0 Å². The minimum absolute atomic E-state index is 0. The molecule has 0 aliphatic heterocycles. The average Bonchev–Trinajstić information content (AvgIpc) is 2.68. The fourth-order valence-corrected chi connectivity index (χ4v) is 2.67. The van der Waals surface area contributed by atoms with E-state index in [1.807, 2.05) is 37.5 Å². The van der Waals surface area contributed by atoms with Gasteiger partial charge in [-0.25, -0.2) is 0 Å². The Morgan fingerprint density at radius 3 is 2.32 bits per heavy atom. The summed E-state index contributed by atoms with van der Waals surface area (Å²) < 4.78 is 16.2. The number of nitrogens with one attached hydrogen (secondary N) is 2. The third kappa shape index (κ3) is 6.43. The molecule has 0 radical (unpaired) electrons. The number of halogens is 1. The molecule has 0 bridgehead atoms. The Hall–Kier alpha value is -2.23. The van der Waals surface area contributed by atoms with Gasteiger partial charge in [-0.15, -0.1) is 24.0 Å². The number of rotatable bonds is 8. The van der Waals surface area contributed by atoms with Gasteiger partial charge in [-0.2, -0.15) is 0 Å². The first-order valence-electron chi connectivity index (χ1n) is 8.87. The molecule has 1 aromatic carbocycles. The first-order valence-corrected chi connectivity index (χ1v) is 8.87. The molecule has 0 atom stereocenters. The van der Waals surface area contributed by atoms with Gasteiger partial charge in [-0.05, 0) is 37.5 Å². The van der Waals surface area contributed by atoms with Crippen molar-refractivity contribution in [1.29, 1.82) is 0 Å². The second-order valence-corrected chi connectivity index (χ2v) is 5.85. The molecule has 0 aliphatic rings. The number of methoxy groups -OCH3 is 3. The predicted octanol–water partition coefficient (Wildman–Crippen LogP) is 3.65. The SMILES string of the molecule is CCNC(=NCCc1ccncc1C)Nc1cc(OC)c(OC)c(OC)c1.I. The van der Waals surface area contributed by atoms with Crippen molar-refractivity contribution in [3.63, 3.8) is 0 Å². The number of guanidine groups is 1. The number of nitrogens with zero attached hydrogens (tertiary/aromatic N) is 2. The fraction of sp³-hybridized carbons (Fsp3) is 0.400. The summed E-state index contributed by atoms with van der Waals surface area (Å²) in [5.74, 6) is 2.42. The van der Waals surface area contributed by atoms with E-state index in [1.165, 1.54) is 11.1 Å². The first kappa shape index (κ1) is 23.8. The molecule has 2 aromatic rings. The molecule has 2 rings (SSSR count). The van der Waals surface area contributed by atoms with Gasteiger partial charge in [-0.3, -0.25) is 9.98 Å². The average molecular weight is 500 g/mol. The van der Waals surface area contributed by atoms with Crippen molar-refractivity contribution in [3.05, 3.63) is 41.7 Å². The van der Waals surface area contributed by atoms with Crippen molar-refractivity contribution < 1.29 is 14.2 Å². The maximum absolute atomic E-state index is 5.40. The smallest absolute Gasteiger partial charge is 0.203 e. The van der Waals surface area contributed by atoms with Gasteiger partial charge in [0.2, 0.25) is 5.75 Å². The second kappa shape index (κ2) is 12.3. The molecule has 0 aliphatic carbocycles. The largest absolute Gasteiger partial charge is 0.493 e. The number of pyridine rings is 1. The molecule has 0 saturated carbocycles. The maximum atomic E-state index is 5.40. The minimum atomic E-state index is 0. The van der Waals surface area contributed by atoms with Crippen LogP contribution in [0.15, 0.2) is 35.6 Å². The van der Waals surface area contributed by atoms with Crippen LogP contribution in [0.5, 0.6) is 17.2 Å². The Morgan fingerprint density at radius 1 is 1.11 bits per heavy atom. The molecular weight excluding hydrogens is 471 g/mol. The van der Waals surface area contributed by atoms with Crippen LogP contribution in [0, 0.1) is 6.92 Å². The number of anilines is 1. The van der Waals surface area contributed by atoms with E-state index in [2.05, 4.69) is 27.5 Å². The Balaban J connectivity index is 0.00000392. The topological polar surface area (TPSA) is 77.0 Å². The summed E-state index contributed by atoms with van der Waals surface area (Å²) in [4.78, 5) is 8.79. The lowest BCUT2D eigenvalue weighted by Crippen LogP contribution is -2.31. The highest BCUT2D eigenvalue weighted by molar-refractivity contribution is 14.0. The molecule has 28 heavy (non-hydrogen) atoms. The molecular formula is C20H29IN4O3. The van der Waals surface area contributed by atoms with Gasteiger partial charge in [0.05, 0.1) is 21.3 Å². The minimum Gasteiger partial charge on any atom is -0.493 e. The van der Waals surface area contributed by atoms with Crippen molar-refractivity contribution >= 4 is 35.6 Å². The molecule has 0 saturated heterocycles. The van der Waals surface area contributed by atoms with E-state index >= 15 is 0 Å². The lowest BCUT2D eigenvalue weighted by molar-refractivity contribution is 0.324. The van der Waals surface area contributed by atoms with Crippen LogP contribution in [0.3, 0.4) is 0 Å². The Kier molecular flexibility index (Phi) is 10.4. The normalized spacial score (nSPS) is 10.7. The van der Waals surface area contributed by atoms with Gasteiger partial charge in [0.1, 0.15) is 0 Å². The van der Waals surface area contributed by atoms with Crippen molar-refractivity contribution in [2.75, 3.05) is 39.7 Å². The van der Waals surface area contributed by atoms with Crippen LogP contribution in [0.1, 0.15) is 18.1 Å². The van der Waals surface area contributed by atoms with Crippen LogP contribution < -0.4 is 24.8 Å². The van der Waals surface area contributed by atoms with Gasteiger partial charge in [-0.1, -0.05) is 0 Å². The summed E-state index contributed by atoms with van der Waals surface area (Å²) in [5.41, 5.74) is 3.22. The van der Waals surface area contributed by atoms with Crippen LogP contribution in [0.4, 0.5) is 5.69 Å². The zero-order valence-electron chi connectivity index (χ0n) is 17.0. The number of aliphatic imine (C=N–C) groups is 1. The highest BCUT2D eigenvalue weighted by Crippen LogP contribution is 2.39. The lowest BCUT2D eigenvalue weighted by Gasteiger charge is -2.16. The van der Waals surface area contributed by atoms with Crippen molar-refractivity contribution in [1.82, 2.24) is 10.3 Å². The van der Waals surface area contributed by atoms with E-state index < -0.39 is 0 Å². The third-order valence-electron chi connectivity index (χ3n) is 4.06. The van der Waals surface area contributed by atoms with Crippen LogP contribution in [-0.4, -0.2) is 45.4 Å². The summed E-state index contributed by atoms with van der Waals surface area (Å²) in [6, 6.07) is 5.73. The van der Waals surface area contributed by atoms with E-state index in [1.54, 1.807) is 21.3 Å². The number of aryl methyl sites for hydroxylation is 1. The summed E-state index contributed by atoms with van der Waals surface area (Å²) in [7, 11) is 4.77. The molecule has 2 N–H and O–H groups in total.